The first-order valence-corrected chi connectivity index (χ1v) is 6.65. The van der Waals surface area contributed by atoms with Crippen LogP contribution in [0, 0.1) is 0 Å². The van der Waals surface area contributed by atoms with E-state index in [-0.39, 0.29) is 5.92 Å². The summed E-state index contributed by atoms with van der Waals surface area (Å²) in [7, 11) is 0. The van der Waals surface area contributed by atoms with Crippen molar-refractivity contribution in [3.05, 3.63) is 59.6 Å². The van der Waals surface area contributed by atoms with Crippen molar-refractivity contribution in [2.24, 2.45) is 0 Å². The Labute approximate surface area is 117 Å². The van der Waals surface area contributed by atoms with Crippen LogP contribution in [0.1, 0.15) is 11.5 Å². The average molecular weight is 308 g/mol. The molecule has 0 spiro atoms. The highest BCUT2D eigenvalue weighted by Gasteiger charge is 2.14. The van der Waals surface area contributed by atoms with Crippen molar-refractivity contribution < 1.29 is 4.79 Å². The number of carbonyl (C=O) groups is 1. The first-order chi connectivity index (χ1) is 8.71. The molecule has 0 saturated heterocycles. The van der Waals surface area contributed by atoms with E-state index >= 15 is 0 Å². The lowest BCUT2D eigenvalue weighted by Gasteiger charge is -2.22. The number of hydrogen-bond acceptors (Lipinski definition) is 2. The van der Waals surface area contributed by atoms with Crippen LogP contribution in [0.5, 0.6) is 0 Å². The largest absolute Gasteiger partial charge is 0.303 e. The molecule has 1 aromatic carbocycles. The summed E-state index contributed by atoms with van der Waals surface area (Å²) in [5.41, 5.74) is 1.03. The van der Waals surface area contributed by atoms with E-state index in [1.807, 2.05) is 36.4 Å². The first kappa shape index (κ1) is 14.9. The molecule has 0 aliphatic heterocycles. The molecular formula is C15H18BrNO. The summed E-state index contributed by atoms with van der Waals surface area (Å²) in [6.07, 6.45) is 4.68. The standard InChI is InChI=1S/C15H18BrNO/c1-3-8-17(9-4-2)11-14(12-18)13-6-5-7-15(16)10-13/h3-7,10,12,14H,1-2,8-9,11H2. The van der Waals surface area contributed by atoms with Crippen molar-refractivity contribution >= 4 is 22.2 Å². The van der Waals surface area contributed by atoms with Gasteiger partial charge in [0.1, 0.15) is 6.29 Å². The lowest BCUT2D eigenvalue weighted by molar-refractivity contribution is -0.109. The Morgan fingerprint density at radius 2 is 1.94 bits per heavy atom. The van der Waals surface area contributed by atoms with E-state index < -0.39 is 0 Å². The van der Waals surface area contributed by atoms with E-state index in [1.54, 1.807) is 0 Å². The SMILES string of the molecule is C=CCN(CC=C)CC(C=O)c1cccc(Br)c1. The molecule has 3 heteroatoms. The summed E-state index contributed by atoms with van der Waals surface area (Å²) >= 11 is 3.43. The molecule has 0 amide bonds. The predicted molar refractivity (Wildman–Crippen MR) is 79.8 cm³/mol. The van der Waals surface area contributed by atoms with Crippen LogP contribution in [0.3, 0.4) is 0 Å². The lowest BCUT2D eigenvalue weighted by atomic mass is 10.00. The van der Waals surface area contributed by atoms with Crippen LogP contribution < -0.4 is 0 Å². The Kier molecular flexibility index (Phi) is 6.61. The summed E-state index contributed by atoms with van der Waals surface area (Å²) in [6.45, 7) is 9.65. The van der Waals surface area contributed by atoms with Crippen molar-refractivity contribution in [1.82, 2.24) is 4.90 Å². The molecule has 1 atom stereocenters. The van der Waals surface area contributed by atoms with E-state index in [0.717, 1.165) is 29.4 Å². The van der Waals surface area contributed by atoms with Gasteiger partial charge in [-0.3, -0.25) is 4.90 Å². The topological polar surface area (TPSA) is 20.3 Å². The fourth-order valence-electron chi connectivity index (χ4n) is 1.83. The molecular weight excluding hydrogens is 290 g/mol. The maximum atomic E-state index is 11.3. The Balaban J connectivity index is 2.79. The molecule has 1 aromatic rings. The van der Waals surface area contributed by atoms with Crippen molar-refractivity contribution in [1.29, 1.82) is 0 Å². The molecule has 0 aliphatic carbocycles. The van der Waals surface area contributed by atoms with E-state index in [4.69, 9.17) is 0 Å². The normalized spacial score (nSPS) is 12.1. The van der Waals surface area contributed by atoms with Gasteiger partial charge >= 0.3 is 0 Å². The summed E-state index contributed by atoms with van der Waals surface area (Å²) < 4.78 is 0.992. The van der Waals surface area contributed by atoms with Gasteiger partial charge < -0.3 is 4.79 Å². The molecule has 1 rings (SSSR count). The van der Waals surface area contributed by atoms with Gasteiger partial charge in [0.2, 0.25) is 0 Å². The first-order valence-electron chi connectivity index (χ1n) is 5.86. The molecule has 0 saturated carbocycles. The van der Waals surface area contributed by atoms with Gasteiger partial charge in [0.15, 0.2) is 0 Å². The third-order valence-corrected chi connectivity index (χ3v) is 3.16. The van der Waals surface area contributed by atoms with Crippen molar-refractivity contribution in [3.8, 4) is 0 Å². The molecule has 0 bridgehead atoms. The van der Waals surface area contributed by atoms with Crippen LogP contribution in [0.25, 0.3) is 0 Å². The summed E-state index contributed by atoms with van der Waals surface area (Å²) in [4.78, 5) is 13.4. The average Bonchev–Trinajstić information content (AvgIpc) is 2.36. The fraction of sp³-hybridized carbons (Fsp3) is 0.267. The molecule has 0 fully saturated rings. The molecule has 0 N–H and O–H groups in total. The highest BCUT2D eigenvalue weighted by Crippen LogP contribution is 2.19. The zero-order chi connectivity index (χ0) is 13.4. The summed E-state index contributed by atoms with van der Waals surface area (Å²) in [5.74, 6) is -0.123. The van der Waals surface area contributed by atoms with Gasteiger partial charge in [0.05, 0.1) is 5.92 Å². The minimum absolute atomic E-state index is 0.123. The molecule has 0 radical (unpaired) electrons. The number of hydrogen-bond donors (Lipinski definition) is 0. The second-order valence-corrected chi connectivity index (χ2v) is 5.01. The fourth-order valence-corrected chi connectivity index (χ4v) is 2.25. The Morgan fingerprint density at radius 3 is 2.44 bits per heavy atom. The Morgan fingerprint density at radius 1 is 1.28 bits per heavy atom. The van der Waals surface area contributed by atoms with Gasteiger partial charge in [-0.2, -0.15) is 0 Å². The third kappa shape index (κ3) is 4.59. The van der Waals surface area contributed by atoms with E-state index in [2.05, 4.69) is 34.0 Å². The molecule has 18 heavy (non-hydrogen) atoms. The van der Waals surface area contributed by atoms with Crippen LogP contribution in [0.4, 0.5) is 0 Å². The monoisotopic (exact) mass is 307 g/mol. The van der Waals surface area contributed by atoms with Crippen LogP contribution >= 0.6 is 15.9 Å². The third-order valence-electron chi connectivity index (χ3n) is 2.67. The molecule has 0 aromatic heterocycles. The molecule has 0 aliphatic rings. The minimum atomic E-state index is -0.123. The molecule has 1 unspecified atom stereocenters. The Bertz CT molecular complexity index is 407. The van der Waals surface area contributed by atoms with E-state index in [9.17, 15) is 4.79 Å². The number of halogens is 1. The molecule has 96 valence electrons. The Hall–Kier alpha value is -1.19. The number of benzene rings is 1. The van der Waals surface area contributed by atoms with E-state index in [1.165, 1.54) is 0 Å². The number of nitrogens with zero attached hydrogens (tertiary/aromatic N) is 1. The molecule has 0 heterocycles. The van der Waals surface area contributed by atoms with Gasteiger partial charge in [-0.05, 0) is 17.7 Å². The summed E-state index contributed by atoms with van der Waals surface area (Å²) in [5, 5.41) is 0. The zero-order valence-corrected chi connectivity index (χ0v) is 12.0. The van der Waals surface area contributed by atoms with Gasteiger partial charge in [-0.25, -0.2) is 0 Å². The highest BCUT2D eigenvalue weighted by atomic mass is 79.9. The van der Waals surface area contributed by atoms with Crippen LogP contribution in [-0.4, -0.2) is 30.8 Å². The van der Waals surface area contributed by atoms with E-state index in [0.29, 0.717) is 6.54 Å². The quantitative estimate of drug-likeness (QED) is 0.542. The number of aldehydes is 1. The van der Waals surface area contributed by atoms with Gasteiger partial charge in [0.25, 0.3) is 0 Å². The predicted octanol–water partition coefficient (Wildman–Crippen LogP) is 3.41. The van der Waals surface area contributed by atoms with Gasteiger partial charge in [0, 0.05) is 24.1 Å². The van der Waals surface area contributed by atoms with Gasteiger partial charge in [-0.1, -0.05) is 40.2 Å². The van der Waals surface area contributed by atoms with Crippen LogP contribution in [0.2, 0.25) is 0 Å². The maximum absolute atomic E-state index is 11.3. The second kappa shape index (κ2) is 8.01. The number of carbonyl (C=O) groups excluding carboxylic acids is 1. The maximum Gasteiger partial charge on any atom is 0.128 e. The summed E-state index contributed by atoms with van der Waals surface area (Å²) in [6, 6.07) is 7.86. The minimum Gasteiger partial charge on any atom is -0.303 e. The number of rotatable bonds is 8. The zero-order valence-electron chi connectivity index (χ0n) is 10.4. The van der Waals surface area contributed by atoms with Crippen LogP contribution in [0.15, 0.2) is 54.0 Å². The van der Waals surface area contributed by atoms with Gasteiger partial charge in [-0.15, -0.1) is 13.2 Å². The smallest absolute Gasteiger partial charge is 0.128 e. The van der Waals surface area contributed by atoms with Crippen molar-refractivity contribution in [2.45, 2.75) is 5.92 Å². The van der Waals surface area contributed by atoms with Crippen molar-refractivity contribution in [3.63, 3.8) is 0 Å². The molecule has 2 nitrogen and oxygen atoms in total. The lowest BCUT2D eigenvalue weighted by Crippen LogP contribution is -2.29. The second-order valence-electron chi connectivity index (χ2n) is 4.09. The van der Waals surface area contributed by atoms with Crippen molar-refractivity contribution in [2.75, 3.05) is 19.6 Å². The van der Waals surface area contributed by atoms with Crippen LogP contribution in [-0.2, 0) is 4.79 Å². The highest BCUT2D eigenvalue weighted by molar-refractivity contribution is 9.10.